The van der Waals surface area contributed by atoms with Gasteiger partial charge in [0, 0.05) is 24.2 Å². The number of rotatable bonds is 2. The first-order valence-electron chi connectivity index (χ1n) is 9.00. The van der Waals surface area contributed by atoms with E-state index in [0.717, 1.165) is 45.0 Å². The van der Waals surface area contributed by atoms with Crippen molar-refractivity contribution in [3.05, 3.63) is 65.5 Å². The van der Waals surface area contributed by atoms with Crippen LogP contribution in [0.15, 0.2) is 43.0 Å². The second kappa shape index (κ2) is 5.98. The lowest BCUT2D eigenvalue weighted by Crippen LogP contribution is -2.33. The summed E-state index contributed by atoms with van der Waals surface area (Å²) in [5.41, 5.74) is 6.21. The number of benzene rings is 1. The molecule has 0 unspecified atom stereocenters. The molecule has 3 heterocycles. The van der Waals surface area contributed by atoms with E-state index in [2.05, 4.69) is 21.0 Å². The lowest BCUT2D eigenvalue weighted by Gasteiger charge is -2.22. The summed E-state index contributed by atoms with van der Waals surface area (Å²) < 4.78 is 0. The standard InChI is InChI=1S/C22H22N4O/c1-13-9-23-12-20(14(13)2)26-19-8-16(17-10-24-15(3)25-11-17)6-7-18(19)22(4,5)21(26)27/h6-12H,1-5H3. The van der Waals surface area contributed by atoms with Gasteiger partial charge in [0.25, 0.3) is 0 Å². The zero-order chi connectivity index (χ0) is 19.3. The number of carbonyl (C=O) groups excluding carboxylic acids is 1. The molecule has 0 fully saturated rings. The van der Waals surface area contributed by atoms with Crippen molar-refractivity contribution < 1.29 is 4.79 Å². The zero-order valence-electron chi connectivity index (χ0n) is 16.2. The highest BCUT2D eigenvalue weighted by Crippen LogP contribution is 2.47. The molecule has 136 valence electrons. The molecule has 1 aliphatic rings. The number of nitrogens with zero attached hydrogens (tertiary/aromatic N) is 4. The molecule has 1 amide bonds. The van der Waals surface area contributed by atoms with Crippen LogP contribution in [0.5, 0.6) is 0 Å². The molecule has 1 aliphatic heterocycles. The van der Waals surface area contributed by atoms with E-state index in [-0.39, 0.29) is 5.91 Å². The van der Waals surface area contributed by atoms with Crippen LogP contribution in [0, 0.1) is 20.8 Å². The predicted molar refractivity (Wildman–Crippen MR) is 106 cm³/mol. The number of anilines is 2. The van der Waals surface area contributed by atoms with Crippen LogP contribution in [-0.4, -0.2) is 20.9 Å². The van der Waals surface area contributed by atoms with Crippen LogP contribution >= 0.6 is 0 Å². The van der Waals surface area contributed by atoms with Crippen LogP contribution in [0.3, 0.4) is 0 Å². The molecule has 0 N–H and O–H groups in total. The summed E-state index contributed by atoms with van der Waals surface area (Å²) in [7, 11) is 0. The molecule has 0 atom stereocenters. The fourth-order valence-corrected chi connectivity index (χ4v) is 3.55. The van der Waals surface area contributed by atoms with Gasteiger partial charge in [-0.25, -0.2) is 9.97 Å². The smallest absolute Gasteiger partial charge is 0.241 e. The van der Waals surface area contributed by atoms with Crippen molar-refractivity contribution in [1.82, 2.24) is 15.0 Å². The minimum absolute atomic E-state index is 0.0605. The van der Waals surface area contributed by atoms with Gasteiger partial charge in [0.15, 0.2) is 0 Å². The molecular weight excluding hydrogens is 336 g/mol. The van der Waals surface area contributed by atoms with Gasteiger partial charge in [-0.2, -0.15) is 0 Å². The molecule has 0 radical (unpaired) electrons. The van der Waals surface area contributed by atoms with Gasteiger partial charge in [0.2, 0.25) is 5.91 Å². The lowest BCUT2D eigenvalue weighted by molar-refractivity contribution is -0.121. The Morgan fingerprint density at radius 2 is 1.59 bits per heavy atom. The Labute approximate surface area is 159 Å². The maximum absolute atomic E-state index is 13.3. The van der Waals surface area contributed by atoms with Crippen LogP contribution in [0.1, 0.15) is 36.4 Å². The first-order chi connectivity index (χ1) is 12.8. The quantitative estimate of drug-likeness (QED) is 0.680. The average Bonchev–Trinajstić information content (AvgIpc) is 2.84. The van der Waals surface area contributed by atoms with E-state index in [1.54, 1.807) is 6.20 Å². The van der Waals surface area contributed by atoms with Crippen LogP contribution in [0.2, 0.25) is 0 Å². The van der Waals surface area contributed by atoms with E-state index >= 15 is 0 Å². The number of pyridine rings is 1. The number of aryl methyl sites for hydroxylation is 2. The van der Waals surface area contributed by atoms with E-state index in [1.807, 2.05) is 70.2 Å². The molecule has 4 rings (SSSR count). The SMILES string of the molecule is Cc1ncc(-c2ccc3c(c2)N(c2cncc(C)c2C)C(=O)C3(C)C)cn1. The van der Waals surface area contributed by atoms with E-state index in [4.69, 9.17) is 0 Å². The summed E-state index contributed by atoms with van der Waals surface area (Å²) in [5, 5.41) is 0. The van der Waals surface area contributed by atoms with Crippen LogP contribution in [-0.2, 0) is 10.2 Å². The number of amides is 1. The minimum atomic E-state index is -0.589. The Kier molecular flexibility index (Phi) is 3.84. The molecular formula is C22H22N4O. The Morgan fingerprint density at radius 1 is 0.889 bits per heavy atom. The molecule has 3 aromatic rings. The second-order valence-electron chi connectivity index (χ2n) is 7.62. The largest absolute Gasteiger partial charge is 0.278 e. The Morgan fingerprint density at radius 3 is 2.30 bits per heavy atom. The lowest BCUT2D eigenvalue weighted by atomic mass is 9.85. The van der Waals surface area contributed by atoms with Gasteiger partial charge < -0.3 is 0 Å². The van der Waals surface area contributed by atoms with Crippen molar-refractivity contribution in [3.63, 3.8) is 0 Å². The van der Waals surface area contributed by atoms with Crippen LogP contribution < -0.4 is 4.90 Å². The zero-order valence-corrected chi connectivity index (χ0v) is 16.2. The third-order valence-electron chi connectivity index (χ3n) is 5.45. The maximum Gasteiger partial charge on any atom is 0.241 e. The van der Waals surface area contributed by atoms with Crippen molar-refractivity contribution in [1.29, 1.82) is 0 Å². The number of carbonyl (C=O) groups is 1. The Balaban J connectivity index is 1.92. The molecule has 27 heavy (non-hydrogen) atoms. The molecule has 0 spiro atoms. The van der Waals surface area contributed by atoms with Crippen molar-refractivity contribution in [2.45, 2.75) is 40.0 Å². The van der Waals surface area contributed by atoms with Gasteiger partial charge >= 0.3 is 0 Å². The molecule has 5 nitrogen and oxygen atoms in total. The summed E-state index contributed by atoms with van der Waals surface area (Å²) in [5.74, 6) is 0.796. The minimum Gasteiger partial charge on any atom is -0.278 e. The van der Waals surface area contributed by atoms with Crippen LogP contribution in [0.25, 0.3) is 11.1 Å². The highest BCUT2D eigenvalue weighted by Gasteiger charge is 2.45. The summed E-state index contributed by atoms with van der Waals surface area (Å²) in [4.78, 5) is 28.0. The Hall–Kier alpha value is -3.08. The number of fused-ring (bicyclic) bond motifs is 1. The van der Waals surface area contributed by atoms with Crippen molar-refractivity contribution in [3.8, 4) is 11.1 Å². The molecule has 0 saturated carbocycles. The van der Waals surface area contributed by atoms with E-state index in [1.165, 1.54) is 0 Å². The molecule has 2 aromatic heterocycles. The number of hydrogen-bond donors (Lipinski definition) is 0. The topological polar surface area (TPSA) is 59.0 Å². The summed E-state index contributed by atoms with van der Waals surface area (Å²) in [6, 6.07) is 6.13. The van der Waals surface area contributed by atoms with E-state index in [9.17, 15) is 4.79 Å². The molecule has 0 bridgehead atoms. The van der Waals surface area contributed by atoms with Gasteiger partial charge in [-0.05, 0) is 62.9 Å². The first kappa shape index (κ1) is 17.3. The summed E-state index contributed by atoms with van der Waals surface area (Å²) in [6.07, 6.45) is 7.23. The fraction of sp³-hybridized carbons (Fsp3) is 0.273. The normalized spacial score (nSPS) is 15.1. The summed E-state index contributed by atoms with van der Waals surface area (Å²) in [6.45, 7) is 9.85. The van der Waals surface area contributed by atoms with E-state index < -0.39 is 5.41 Å². The Bertz CT molecular complexity index is 1050. The van der Waals surface area contributed by atoms with Crippen molar-refractivity contribution in [2.24, 2.45) is 0 Å². The summed E-state index contributed by atoms with van der Waals surface area (Å²) >= 11 is 0. The second-order valence-corrected chi connectivity index (χ2v) is 7.62. The van der Waals surface area contributed by atoms with E-state index in [0.29, 0.717) is 0 Å². The molecule has 0 saturated heterocycles. The van der Waals surface area contributed by atoms with Crippen LogP contribution in [0.4, 0.5) is 11.4 Å². The van der Waals surface area contributed by atoms with Gasteiger partial charge in [-0.3, -0.25) is 14.7 Å². The molecule has 0 aliphatic carbocycles. The number of hydrogen-bond acceptors (Lipinski definition) is 4. The molecule has 1 aromatic carbocycles. The van der Waals surface area contributed by atoms with Gasteiger partial charge in [0.05, 0.1) is 23.0 Å². The fourth-order valence-electron chi connectivity index (χ4n) is 3.55. The number of aromatic nitrogens is 3. The maximum atomic E-state index is 13.3. The van der Waals surface area contributed by atoms with Gasteiger partial charge in [-0.1, -0.05) is 12.1 Å². The van der Waals surface area contributed by atoms with Gasteiger partial charge in [0.1, 0.15) is 5.82 Å². The highest BCUT2D eigenvalue weighted by molar-refractivity contribution is 6.13. The van der Waals surface area contributed by atoms with Gasteiger partial charge in [-0.15, -0.1) is 0 Å². The highest BCUT2D eigenvalue weighted by atomic mass is 16.2. The van der Waals surface area contributed by atoms with Crippen molar-refractivity contribution in [2.75, 3.05) is 4.90 Å². The third-order valence-corrected chi connectivity index (χ3v) is 5.45. The predicted octanol–water partition coefficient (Wildman–Crippen LogP) is 4.42. The van der Waals surface area contributed by atoms with Crippen molar-refractivity contribution >= 4 is 17.3 Å². The molecule has 5 heteroatoms. The third kappa shape index (κ3) is 2.62. The average molecular weight is 358 g/mol. The monoisotopic (exact) mass is 358 g/mol. The first-order valence-corrected chi connectivity index (χ1v) is 9.00.